The lowest BCUT2D eigenvalue weighted by molar-refractivity contribution is -0.0437. The molecule has 1 amide bonds. The van der Waals surface area contributed by atoms with Gasteiger partial charge in [0.25, 0.3) is 0 Å². The van der Waals surface area contributed by atoms with E-state index in [0.29, 0.717) is 17.4 Å². The van der Waals surface area contributed by atoms with Crippen LogP contribution in [0.2, 0.25) is 0 Å². The van der Waals surface area contributed by atoms with Crippen LogP contribution in [-0.4, -0.2) is 55.2 Å². The van der Waals surface area contributed by atoms with Gasteiger partial charge in [0, 0.05) is 25.7 Å². The second-order valence-electron chi connectivity index (χ2n) is 14.0. The van der Waals surface area contributed by atoms with E-state index in [2.05, 4.69) is 52.6 Å². The first kappa shape index (κ1) is 23.7. The average molecular weight is 457 g/mol. The zero-order valence-corrected chi connectivity index (χ0v) is 22.3. The Kier molecular flexibility index (Phi) is 5.74. The predicted octanol–water partition coefficient (Wildman–Crippen LogP) is 6.36. The number of hydrogen-bond acceptors (Lipinski definition) is 3. The first-order valence-electron chi connectivity index (χ1n) is 13.8. The van der Waals surface area contributed by atoms with Gasteiger partial charge in [-0.05, 0) is 105 Å². The van der Waals surface area contributed by atoms with Gasteiger partial charge in [-0.25, -0.2) is 4.79 Å². The predicted molar refractivity (Wildman–Crippen MR) is 134 cm³/mol. The summed E-state index contributed by atoms with van der Waals surface area (Å²) in [5.74, 6) is 3.57. The monoisotopic (exact) mass is 456 g/mol. The first-order valence-corrected chi connectivity index (χ1v) is 13.8. The number of nitrogens with zero attached hydrogens (tertiary/aromatic N) is 2. The topological polar surface area (TPSA) is 32.8 Å². The molecule has 1 spiro atoms. The molecule has 0 radical (unpaired) electrons. The molecule has 5 rings (SSSR count). The molecule has 1 aliphatic heterocycles. The van der Waals surface area contributed by atoms with Gasteiger partial charge in [-0.1, -0.05) is 39.3 Å². The second-order valence-corrected chi connectivity index (χ2v) is 14.0. The highest BCUT2D eigenvalue weighted by Gasteiger charge is 2.64. The molecule has 0 bridgehead atoms. The molecule has 0 aromatic heterocycles. The number of carbonyl (C=O) groups excluding carboxylic acids is 1. The van der Waals surface area contributed by atoms with Gasteiger partial charge in [-0.3, -0.25) is 0 Å². The van der Waals surface area contributed by atoms with Crippen molar-refractivity contribution in [2.45, 2.75) is 98.1 Å². The standard InChI is InChI=1S/C29H48N2O2/c1-19-23-10-11-25-22-9-8-20-16-21(31(7)26(32)33-18-27(2,3)4)12-14-28(20,5)24(22)13-15-29(23,25)17-30(19)6/h8,19,21-25H,9-18H2,1-7H3. The van der Waals surface area contributed by atoms with Gasteiger partial charge in [0.2, 0.25) is 0 Å². The average Bonchev–Trinajstić information content (AvgIpc) is 3.24. The third-order valence-corrected chi connectivity index (χ3v) is 11.1. The minimum absolute atomic E-state index is 0.00601. The number of fused-ring (bicyclic) bond motifs is 4. The van der Waals surface area contributed by atoms with E-state index in [0.717, 1.165) is 42.6 Å². The molecule has 33 heavy (non-hydrogen) atoms. The fourth-order valence-corrected chi connectivity index (χ4v) is 9.30. The van der Waals surface area contributed by atoms with Crippen molar-refractivity contribution >= 4 is 6.09 Å². The van der Waals surface area contributed by atoms with Crippen LogP contribution in [0.15, 0.2) is 11.6 Å². The van der Waals surface area contributed by atoms with E-state index in [4.69, 9.17) is 4.74 Å². The minimum atomic E-state index is -0.149. The minimum Gasteiger partial charge on any atom is -0.449 e. The Hall–Kier alpha value is -1.03. The molecule has 1 heterocycles. The fourth-order valence-electron chi connectivity index (χ4n) is 9.30. The molecule has 3 saturated carbocycles. The number of carbonyl (C=O) groups is 1. The number of allylic oxidation sites excluding steroid dienone is 1. The van der Waals surface area contributed by atoms with Crippen molar-refractivity contribution in [2.75, 3.05) is 27.2 Å². The number of rotatable bonds is 2. The van der Waals surface area contributed by atoms with Gasteiger partial charge in [0.1, 0.15) is 0 Å². The molecule has 8 unspecified atom stereocenters. The fraction of sp³-hybridized carbons (Fsp3) is 0.897. The highest BCUT2D eigenvalue weighted by Crippen LogP contribution is 2.68. The molecule has 4 nitrogen and oxygen atoms in total. The first-order chi connectivity index (χ1) is 15.5. The Morgan fingerprint density at radius 3 is 2.61 bits per heavy atom. The summed E-state index contributed by atoms with van der Waals surface area (Å²) < 4.78 is 5.64. The van der Waals surface area contributed by atoms with Crippen LogP contribution in [0.1, 0.15) is 86.0 Å². The largest absolute Gasteiger partial charge is 0.449 e. The van der Waals surface area contributed by atoms with Gasteiger partial charge in [-0.2, -0.15) is 0 Å². The molecule has 4 heteroatoms. The van der Waals surface area contributed by atoms with Crippen molar-refractivity contribution < 1.29 is 9.53 Å². The second kappa shape index (κ2) is 8.00. The Morgan fingerprint density at radius 2 is 1.88 bits per heavy atom. The van der Waals surface area contributed by atoms with Crippen LogP contribution >= 0.6 is 0 Å². The van der Waals surface area contributed by atoms with Crippen LogP contribution in [0.5, 0.6) is 0 Å². The van der Waals surface area contributed by atoms with Crippen LogP contribution in [-0.2, 0) is 4.74 Å². The summed E-state index contributed by atoms with van der Waals surface area (Å²) in [6, 6.07) is 1.05. The molecule has 1 saturated heterocycles. The van der Waals surface area contributed by atoms with Crippen molar-refractivity contribution in [3.63, 3.8) is 0 Å². The van der Waals surface area contributed by atoms with Crippen LogP contribution in [0.4, 0.5) is 4.79 Å². The number of likely N-dealkylation sites (tertiary alicyclic amines) is 1. The van der Waals surface area contributed by atoms with Crippen LogP contribution in [0, 0.1) is 39.9 Å². The summed E-state index contributed by atoms with van der Waals surface area (Å²) in [6.45, 7) is 13.2. The molecule has 0 aromatic carbocycles. The molecular formula is C29H48N2O2. The van der Waals surface area contributed by atoms with Crippen LogP contribution < -0.4 is 0 Å². The normalized spacial score (nSPS) is 44.9. The summed E-state index contributed by atoms with van der Waals surface area (Å²) in [4.78, 5) is 17.3. The maximum absolute atomic E-state index is 12.7. The zero-order valence-electron chi connectivity index (χ0n) is 22.3. The van der Waals surface area contributed by atoms with Gasteiger partial charge < -0.3 is 14.5 Å². The number of hydrogen-bond donors (Lipinski definition) is 0. The molecule has 0 N–H and O–H groups in total. The zero-order chi connectivity index (χ0) is 23.8. The van der Waals surface area contributed by atoms with E-state index in [1.165, 1.54) is 45.1 Å². The van der Waals surface area contributed by atoms with Crippen molar-refractivity contribution in [2.24, 2.45) is 39.9 Å². The maximum Gasteiger partial charge on any atom is 0.409 e. The van der Waals surface area contributed by atoms with E-state index >= 15 is 0 Å². The quantitative estimate of drug-likeness (QED) is 0.453. The van der Waals surface area contributed by atoms with Gasteiger partial charge in [0.15, 0.2) is 0 Å². The van der Waals surface area contributed by atoms with E-state index < -0.39 is 0 Å². The van der Waals surface area contributed by atoms with Crippen molar-refractivity contribution in [1.29, 1.82) is 0 Å². The van der Waals surface area contributed by atoms with Crippen molar-refractivity contribution in [3.8, 4) is 0 Å². The molecule has 8 atom stereocenters. The summed E-state index contributed by atoms with van der Waals surface area (Å²) in [5, 5.41) is 0. The molecule has 4 fully saturated rings. The Morgan fingerprint density at radius 1 is 1.15 bits per heavy atom. The SMILES string of the molecule is CC1C2CCC3C4CC=C5CC(N(C)C(=O)OCC(C)(C)C)CCC5(C)C4CCC32CN1C. The lowest BCUT2D eigenvalue weighted by Gasteiger charge is -2.58. The maximum atomic E-state index is 12.7. The molecule has 0 aromatic rings. The highest BCUT2D eigenvalue weighted by molar-refractivity contribution is 5.67. The molecule has 186 valence electrons. The van der Waals surface area contributed by atoms with Crippen molar-refractivity contribution in [1.82, 2.24) is 9.80 Å². The van der Waals surface area contributed by atoms with Gasteiger partial charge in [-0.15, -0.1) is 0 Å². The molecular weight excluding hydrogens is 408 g/mol. The van der Waals surface area contributed by atoms with Crippen LogP contribution in [0.25, 0.3) is 0 Å². The third kappa shape index (κ3) is 3.69. The Labute approximate surface area is 202 Å². The summed E-state index contributed by atoms with van der Waals surface area (Å²) in [5.41, 5.74) is 2.60. The molecule has 4 aliphatic carbocycles. The van der Waals surface area contributed by atoms with E-state index in [1.807, 2.05) is 11.9 Å². The highest BCUT2D eigenvalue weighted by atomic mass is 16.6. The van der Waals surface area contributed by atoms with Gasteiger partial charge >= 0.3 is 6.09 Å². The Bertz CT molecular complexity index is 815. The Balaban J connectivity index is 1.30. The summed E-state index contributed by atoms with van der Waals surface area (Å²) >= 11 is 0. The van der Waals surface area contributed by atoms with Crippen molar-refractivity contribution in [3.05, 3.63) is 11.6 Å². The summed E-state index contributed by atoms with van der Waals surface area (Å²) in [7, 11) is 4.32. The van der Waals surface area contributed by atoms with E-state index in [9.17, 15) is 4.79 Å². The van der Waals surface area contributed by atoms with E-state index in [-0.39, 0.29) is 17.6 Å². The smallest absolute Gasteiger partial charge is 0.409 e. The third-order valence-electron chi connectivity index (χ3n) is 11.1. The number of amides is 1. The molecule has 5 aliphatic rings. The lowest BCUT2D eigenvalue weighted by atomic mass is 9.47. The van der Waals surface area contributed by atoms with Crippen LogP contribution in [0.3, 0.4) is 0 Å². The lowest BCUT2D eigenvalue weighted by Crippen LogP contribution is -2.53. The van der Waals surface area contributed by atoms with Gasteiger partial charge in [0.05, 0.1) is 6.61 Å². The summed E-state index contributed by atoms with van der Waals surface area (Å²) in [6.07, 6.45) is 12.9. The van der Waals surface area contributed by atoms with E-state index in [1.54, 1.807) is 5.57 Å². The number of ether oxygens (including phenoxy) is 1.